The molecule has 1 aliphatic heterocycles. The quantitative estimate of drug-likeness (QED) is 0.723. The van der Waals surface area contributed by atoms with Crippen molar-refractivity contribution >= 4 is 11.8 Å². The Morgan fingerprint density at radius 2 is 2.21 bits per heavy atom. The summed E-state index contributed by atoms with van der Waals surface area (Å²) < 4.78 is 19.4. The second-order valence-electron chi connectivity index (χ2n) is 8.46. The van der Waals surface area contributed by atoms with Crippen molar-refractivity contribution in [3.05, 3.63) is 66.5 Å². The van der Waals surface area contributed by atoms with Crippen LogP contribution in [0.3, 0.4) is 0 Å². The average molecular weight is 384 g/mol. The van der Waals surface area contributed by atoms with Crippen molar-refractivity contribution in [2.45, 2.75) is 57.2 Å². The summed E-state index contributed by atoms with van der Waals surface area (Å²) in [6.45, 7) is 10.0. The molecule has 0 saturated heterocycles. The van der Waals surface area contributed by atoms with Gasteiger partial charge in [-0.05, 0) is 57.7 Å². The Morgan fingerprint density at radius 3 is 2.86 bits per heavy atom. The van der Waals surface area contributed by atoms with Gasteiger partial charge in [0.2, 0.25) is 0 Å². The van der Waals surface area contributed by atoms with Crippen molar-refractivity contribution in [3.8, 4) is 0 Å². The number of allylic oxidation sites excluding steroid dienone is 2. The predicted molar refractivity (Wildman–Crippen MR) is 111 cm³/mol. The van der Waals surface area contributed by atoms with Crippen molar-refractivity contribution < 1.29 is 13.9 Å². The van der Waals surface area contributed by atoms with Gasteiger partial charge in [0.15, 0.2) is 0 Å². The smallest absolute Gasteiger partial charge is 0.411 e. The minimum Gasteiger partial charge on any atom is -0.444 e. The Morgan fingerprint density at radius 1 is 1.43 bits per heavy atom. The van der Waals surface area contributed by atoms with Crippen molar-refractivity contribution in [1.82, 2.24) is 4.90 Å². The number of hydrogen-bond donors (Lipinski definition) is 1. The normalized spacial score (nSPS) is 23.5. The van der Waals surface area contributed by atoms with E-state index in [1.807, 2.05) is 51.1 Å². The summed E-state index contributed by atoms with van der Waals surface area (Å²) >= 11 is 0. The first-order valence-corrected chi connectivity index (χ1v) is 9.76. The van der Waals surface area contributed by atoms with Crippen LogP contribution >= 0.6 is 0 Å². The molecule has 0 bridgehead atoms. The third kappa shape index (κ3) is 4.46. The number of aryl methyl sites for hydroxylation is 1. The topological polar surface area (TPSA) is 41.6 Å². The lowest BCUT2D eigenvalue weighted by Gasteiger charge is -2.43. The Kier molecular flexibility index (Phi) is 5.64. The number of halogens is 1. The minimum atomic E-state index is -0.638. The lowest BCUT2D eigenvalue weighted by molar-refractivity contribution is 0.0108. The summed E-state index contributed by atoms with van der Waals surface area (Å²) in [5.74, 6) is -0.265. The van der Waals surface area contributed by atoms with Crippen LogP contribution in [0.2, 0.25) is 0 Å². The van der Waals surface area contributed by atoms with Crippen LogP contribution in [0.15, 0.2) is 55.2 Å². The molecule has 2 unspecified atom stereocenters. The summed E-state index contributed by atoms with van der Waals surface area (Å²) in [7, 11) is 0. The molecule has 150 valence electrons. The highest BCUT2D eigenvalue weighted by Gasteiger charge is 2.39. The number of fused-ring (bicyclic) bond motifs is 1. The van der Waals surface area contributed by atoms with Gasteiger partial charge in [0, 0.05) is 18.3 Å². The summed E-state index contributed by atoms with van der Waals surface area (Å²) in [5, 5.41) is 3.40. The molecule has 3 rings (SSSR count). The highest BCUT2D eigenvalue weighted by molar-refractivity contribution is 5.71. The van der Waals surface area contributed by atoms with Crippen molar-refractivity contribution in [2.24, 2.45) is 0 Å². The number of ether oxygens (including phenoxy) is 1. The number of amides is 1. The molecule has 2 atom stereocenters. The van der Waals surface area contributed by atoms with Gasteiger partial charge >= 0.3 is 6.09 Å². The number of carbonyl (C=O) groups excluding carboxylic acids is 1. The van der Waals surface area contributed by atoms with Gasteiger partial charge in [-0.1, -0.05) is 36.4 Å². The van der Waals surface area contributed by atoms with E-state index in [-0.39, 0.29) is 18.0 Å². The van der Waals surface area contributed by atoms with Crippen molar-refractivity contribution in [2.75, 3.05) is 11.9 Å². The molecule has 0 spiro atoms. The van der Waals surface area contributed by atoms with Crippen LogP contribution in [0.1, 0.15) is 39.2 Å². The zero-order chi connectivity index (χ0) is 20.4. The molecule has 0 fully saturated rings. The number of hydrogen-bond acceptors (Lipinski definition) is 3. The highest BCUT2D eigenvalue weighted by atomic mass is 19.1. The summed E-state index contributed by atoms with van der Waals surface area (Å²) in [6.07, 6.45) is 11.7. The van der Waals surface area contributed by atoms with Crippen LogP contribution in [-0.2, 0) is 11.2 Å². The predicted octanol–water partition coefficient (Wildman–Crippen LogP) is 5.23. The van der Waals surface area contributed by atoms with E-state index in [0.717, 1.165) is 24.1 Å². The fraction of sp³-hybridized carbons (Fsp3) is 0.435. The zero-order valence-corrected chi connectivity index (χ0v) is 16.9. The van der Waals surface area contributed by atoms with E-state index in [1.54, 1.807) is 11.0 Å². The highest BCUT2D eigenvalue weighted by Crippen LogP contribution is 2.32. The monoisotopic (exact) mass is 384 g/mol. The van der Waals surface area contributed by atoms with Gasteiger partial charge in [-0.15, -0.1) is 6.58 Å². The van der Waals surface area contributed by atoms with Crippen molar-refractivity contribution in [3.63, 3.8) is 0 Å². The molecular formula is C23H29FN2O2. The number of benzene rings is 1. The maximum atomic E-state index is 13.7. The Bertz CT molecular complexity index is 809. The number of anilines is 1. The summed E-state index contributed by atoms with van der Waals surface area (Å²) in [6, 6.07) is 4.82. The van der Waals surface area contributed by atoms with Crippen LogP contribution in [-0.4, -0.2) is 34.7 Å². The number of carbonyl (C=O) groups is 1. The molecular weight excluding hydrogens is 355 g/mol. The van der Waals surface area contributed by atoms with Crippen LogP contribution in [0.5, 0.6) is 0 Å². The molecule has 0 aromatic heterocycles. The standard InChI is InChI=1S/C23H29FN2O2/c1-5-23(13-7-6-8-14-23)26(21(27)28-22(2,3)4)16-19-12-10-17-9-11-18(24)15-20(17)25-19/h5-9,11,13,15,19,25H,1,10,12,14,16H2,2-4H3. The van der Waals surface area contributed by atoms with E-state index in [0.29, 0.717) is 13.0 Å². The lowest BCUT2D eigenvalue weighted by Crippen LogP contribution is -2.55. The fourth-order valence-electron chi connectivity index (χ4n) is 3.70. The van der Waals surface area contributed by atoms with E-state index >= 15 is 0 Å². The second kappa shape index (κ2) is 7.82. The Balaban J connectivity index is 1.85. The van der Waals surface area contributed by atoms with E-state index in [2.05, 4.69) is 11.9 Å². The van der Waals surface area contributed by atoms with Gasteiger partial charge in [0.25, 0.3) is 0 Å². The van der Waals surface area contributed by atoms with E-state index in [9.17, 15) is 9.18 Å². The molecule has 1 aromatic rings. The molecule has 0 saturated carbocycles. The Labute approximate surface area is 166 Å². The summed E-state index contributed by atoms with van der Waals surface area (Å²) in [4.78, 5) is 14.8. The van der Waals surface area contributed by atoms with Gasteiger partial charge in [0.1, 0.15) is 11.4 Å². The Hall–Kier alpha value is -2.56. The molecule has 1 aliphatic carbocycles. The third-order valence-electron chi connectivity index (χ3n) is 5.14. The first-order valence-electron chi connectivity index (χ1n) is 9.76. The first-order chi connectivity index (χ1) is 13.2. The van der Waals surface area contributed by atoms with E-state index in [1.165, 1.54) is 12.1 Å². The first kappa shape index (κ1) is 20.2. The zero-order valence-electron chi connectivity index (χ0n) is 16.9. The van der Waals surface area contributed by atoms with E-state index < -0.39 is 11.1 Å². The van der Waals surface area contributed by atoms with E-state index in [4.69, 9.17) is 4.74 Å². The van der Waals surface area contributed by atoms with Crippen molar-refractivity contribution in [1.29, 1.82) is 0 Å². The van der Waals surface area contributed by atoms with Gasteiger partial charge in [0.05, 0.1) is 5.54 Å². The molecule has 4 nitrogen and oxygen atoms in total. The average Bonchev–Trinajstić information content (AvgIpc) is 2.64. The molecule has 5 heteroatoms. The maximum Gasteiger partial charge on any atom is 0.411 e. The molecule has 28 heavy (non-hydrogen) atoms. The molecule has 1 aromatic carbocycles. The molecule has 0 radical (unpaired) electrons. The molecule has 1 amide bonds. The van der Waals surface area contributed by atoms with Gasteiger partial charge < -0.3 is 10.1 Å². The van der Waals surface area contributed by atoms with Crippen LogP contribution in [0.25, 0.3) is 0 Å². The van der Waals surface area contributed by atoms with Gasteiger partial charge in [-0.25, -0.2) is 9.18 Å². The third-order valence-corrected chi connectivity index (χ3v) is 5.14. The van der Waals surface area contributed by atoms with Gasteiger partial charge in [-0.3, -0.25) is 4.90 Å². The molecule has 1 heterocycles. The summed E-state index contributed by atoms with van der Waals surface area (Å²) in [5.41, 5.74) is 0.662. The van der Waals surface area contributed by atoms with Crippen LogP contribution in [0, 0.1) is 5.82 Å². The molecule has 1 N–H and O–H groups in total. The number of rotatable bonds is 4. The van der Waals surface area contributed by atoms with Gasteiger partial charge in [-0.2, -0.15) is 0 Å². The fourth-order valence-corrected chi connectivity index (χ4v) is 3.70. The maximum absolute atomic E-state index is 13.7. The largest absolute Gasteiger partial charge is 0.444 e. The second-order valence-corrected chi connectivity index (χ2v) is 8.46. The van der Waals surface area contributed by atoms with Crippen LogP contribution < -0.4 is 5.32 Å². The van der Waals surface area contributed by atoms with Crippen LogP contribution in [0.4, 0.5) is 14.9 Å². The molecule has 2 aliphatic rings. The lowest BCUT2D eigenvalue weighted by atomic mass is 9.88. The minimum absolute atomic E-state index is 0.00190. The SMILES string of the molecule is C=CC1(N(CC2CCc3ccc(F)cc3N2)C(=O)OC(C)(C)C)C=CC=CC1. The number of nitrogens with one attached hydrogen (secondary N) is 1. The number of nitrogens with zero attached hydrogens (tertiary/aromatic N) is 1.